The van der Waals surface area contributed by atoms with E-state index >= 15 is 0 Å². The zero-order valence-corrected chi connectivity index (χ0v) is 25.2. The van der Waals surface area contributed by atoms with Gasteiger partial charge in [-0.15, -0.1) is 0 Å². The van der Waals surface area contributed by atoms with Crippen molar-refractivity contribution in [2.75, 3.05) is 44.6 Å². The third kappa shape index (κ3) is 9.52. The summed E-state index contributed by atoms with van der Waals surface area (Å²) in [5, 5.41) is 3.60. The van der Waals surface area contributed by atoms with Crippen LogP contribution in [0.25, 0.3) is 0 Å². The molecule has 1 saturated heterocycles. The van der Waals surface area contributed by atoms with Gasteiger partial charge in [0, 0.05) is 25.4 Å². The fourth-order valence-corrected chi connectivity index (χ4v) is 6.48. The van der Waals surface area contributed by atoms with Crippen molar-refractivity contribution in [1.82, 2.24) is 9.62 Å². The van der Waals surface area contributed by atoms with Gasteiger partial charge in [0.15, 0.2) is 8.32 Å². The van der Waals surface area contributed by atoms with E-state index < -0.39 is 18.3 Å². The molecule has 206 valence electrons. The maximum atomic E-state index is 12.7. The minimum atomic E-state index is -3.53. The van der Waals surface area contributed by atoms with Crippen molar-refractivity contribution in [2.24, 2.45) is 5.92 Å². The Morgan fingerprint density at radius 3 is 2.24 bits per heavy atom. The lowest BCUT2D eigenvalue weighted by Gasteiger charge is -2.36. The van der Waals surface area contributed by atoms with Crippen molar-refractivity contribution in [3.05, 3.63) is 60.2 Å². The Hall–Kier alpha value is -1.71. The predicted molar refractivity (Wildman–Crippen MR) is 157 cm³/mol. The summed E-state index contributed by atoms with van der Waals surface area (Å²) >= 11 is 0. The van der Waals surface area contributed by atoms with Gasteiger partial charge in [0.1, 0.15) is 0 Å². The highest BCUT2D eigenvalue weighted by Gasteiger charge is 2.36. The Labute approximate surface area is 226 Å². The standard InChI is InChI=1S/C29H47N3O3SSi/c1-29(2,3)37(4,5)35-23-19-31-36(33,34)28-14-12-25(13-15-28)24-26-16-21-32(22-17-26)20-9-18-30-27-10-7-6-8-11-27/h6-8,10-15,26,30-31H,9,16-24H2,1-5H3. The van der Waals surface area contributed by atoms with E-state index in [1.54, 1.807) is 12.1 Å². The van der Waals surface area contributed by atoms with Crippen LogP contribution < -0.4 is 10.0 Å². The molecule has 2 aromatic carbocycles. The van der Waals surface area contributed by atoms with Gasteiger partial charge in [-0.25, -0.2) is 13.1 Å². The van der Waals surface area contributed by atoms with Crippen molar-refractivity contribution in [1.29, 1.82) is 0 Å². The number of anilines is 1. The third-order valence-corrected chi connectivity index (χ3v) is 13.9. The minimum Gasteiger partial charge on any atom is -0.415 e. The van der Waals surface area contributed by atoms with Gasteiger partial charge in [-0.2, -0.15) is 0 Å². The predicted octanol–water partition coefficient (Wildman–Crippen LogP) is 5.74. The largest absolute Gasteiger partial charge is 0.415 e. The van der Waals surface area contributed by atoms with Crippen LogP contribution in [0.15, 0.2) is 59.5 Å². The molecule has 0 spiro atoms. The van der Waals surface area contributed by atoms with Crippen molar-refractivity contribution < 1.29 is 12.8 Å². The number of nitrogens with one attached hydrogen (secondary N) is 2. The lowest BCUT2D eigenvalue weighted by atomic mass is 9.90. The molecule has 0 amide bonds. The minimum absolute atomic E-state index is 0.109. The Morgan fingerprint density at radius 1 is 0.973 bits per heavy atom. The molecule has 3 rings (SSSR count). The molecule has 0 saturated carbocycles. The molecule has 0 radical (unpaired) electrons. The zero-order chi connectivity index (χ0) is 26.9. The number of benzene rings is 2. The molecule has 2 aromatic rings. The fourth-order valence-electron chi connectivity index (χ4n) is 4.43. The van der Waals surface area contributed by atoms with Crippen LogP contribution in [0.2, 0.25) is 18.1 Å². The lowest BCUT2D eigenvalue weighted by molar-refractivity contribution is 0.183. The summed E-state index contributed by atoms with van der Waals surface area (Å²) in [6, 6.07) is 17.8. The molecule has 0 atom stereocenters. The summed E-state index contributed by atoms with van der Waals surface area (Å²) in [6.45, 7) is 16.0. The average molecular weight is 546 g/mol. The number of nitrogens with zero attached hydrogens (tertiary/aromatic N) is 1. The van der Waals surface area contributed by atoms with Crippen LogP contribution in [-0.4, -0.2) is 61.0 Å². The average Bonchev–Trinajstić information content (AvgIpc) is 2.86. The molecule has 0 aromatic heterocycles. The number of likely N-dealkylation sites (tertiary alicyclic amines) is 1. The van der Waals surface area contributed by atoms with Crippen molar-refractivity contribution in [2.45, 2.75) is 69.5 Å². The summed E-state index contributed by atoms with van der Waals surface area (Å²) in [5.74, 6) is 0.659. The summed E-state index contributed by atoms with van der Waals surface area (Å²) in [4.78, 5) is 2.89. The number of hydrogen-bond donors (Lipinski definition) is 2. The Balaban J connectivity index is 1.35. The van der Waals surface area contributed by atoms with Crippen molar-refractivity contribution in [3.63, 3.8) is 0 Å². The fraction of sp³-hybridized carbons (Fsp3) is 0.586. The zero-order valence-electron chi connectivity index (χ0n) is 23.4. The molecule has 1 fully saturated rings. The SMILES string of the molecule is CC(C)(C)[Si](C)(C)OCCNS(=O)(=O)c1ccc(CC2CCN(CCCNc3ccccc3)CC2)cc1. The Morgan fingerprint density at radius 2 is 1.62 bits per heavy atom. The van der Waals surface area contributed by atoms with Crippen LogP contribution >= 0.6 is 0 Å². The van der Waals surface area contributed by atoms with Gasteiger partial charge in [0.2, 0.25) is 10.0 Å². The molecule has 37 heavy (non-hydrogen) atoms. The number of rotatable bonds is 13. The smallest absolute Gasteiger partial charge is 0.240 e. The van der Waals surface area contributed by atoms with E-state index in [0.717, 1.165) is 39.0 Å². The Kier molecular flexibility index (Phi) is 10.8. The van der Waals surface area contributed by atoms with Gasteiger partial charge >= 0.3 is 0 Å². The monoisotopic (exact) mass is 545 g/mol. The van der Waals surface area contributed by atoms with Crippen LogP contribution in [0.5, 0.6) is 0 Å². The first-order chi connectivity index (χ1) is 17.5. The quantitative estimate of drug-likeness (QED) is 0.248. The highest BCUT2D eigenvalue weighted by molar-refractivity contribution is 7.89. The first-order valence-corrected chi connectivity index (χ1v) is 18.1. The molecular formula is C29H47N3O3SSi. The summed E-state index contributed by atoms with van der Waals surface area (Å²) in [6.07, 6.45) is 4.55. The van der Waals surface area contributed by atoms with E-state index in [1.807, 2.05) is 18.2 Å². The van der Waals surface area contributed by atoms with Crippen LogP contribution in [0, 0.1) is 5.92 Å². The third-order valence-electron chi connectivity index (χ3n) is 7.88. The summed E-state index contributed by atoms with van der Waals surface area (Å²) in [5.41, 5.74) is 2.40. The highest BCUT2D eigenvalue weighted by Crippen LogP contribution is 2.36. The Bertz CT molecular complexity index is 1050. The topological polar surface area (TPSA) is 70.7 Å². The molecule has 1 aliphatic heterocycles. The van der Waals surface area contributed by atoms with Crippen molar-refractivity contribution >= 4 is 24.0 Å². The van der Waals surface area contributed by atoms with Crippen LogP contribution in [0.1, 0.15) is 45.6 Å². The normalized spacial score (nSPS) is 16.1. The van der Waals surface area contributed by atoms with Crippen LogP contribution in [-0.2, 0) is 20.9 Å². The second kappa shape index (κ2) is 13.4. The van der Waals surface area contributed by atoms with Crippen LogP contribution in [0.3, 0.4) is 0 Å². The second-order valence-corrected chi connectivity index (χ2v) is 18.4. The maximum Gasteiger partial charge on any atom is 0.240 e. The lowest BCUT2D eigenvalue weighted by Crippen LogP contribution is -2.42. The molecule has 6 nitrogen and oxygen atoms in total. The molecular weight excluding hydrogens is 498 g/mol. The van der Waals surface area contributed by atoms with E-state index in [2.05, 4.69) is 73.1 Å². The van der Waals surface area contributed by atoms with Gasteiger partial charge in [-0.3, -0.25) is 0 Å². The second-order valence-electron chi connectivity index (χ2n) is 11.8. The molecule has 8 heteroatoms. The molecule has 2 N–H and O–H groups in total. The highest BCUT2D eigenvalue weighted by atomic mass is 32.2. The number of piperidine rings is 1. The van der Waals surface area contributed by atoms with E-state index in [4.69, 9.17) is 4.43 Å². The number of sulfonamides is 1. The molecule has 0 bridgehead atoms. The van der Waals surface area contributed by atoms with Gasteiger partial charge in [0.25, 0.3) is 0 Å². The first-order valence-electron chi connectivity index (χ1n) is 13.7. The molecule has 0 aliphatic carbocycles. The molecule has 1 heterocycles. The molecule has 0 unspecified atom stereocenters. The van der Waals surface area contributed by atoms with Gasteiger partial charge < -0.3 is 14.6 Å². The molecule has 1 aliphatic rings. The summed E-state index contributed by atoms with van der Waals surface area (Å²) < 4.78 is 34.2. The maximum absolute atomic E-state index is 12.7. The van der Waals surface area contributed by atoms with Gasteiger partial charge in [0.05, 0.1) is 4.90 Å². The van der Waals surface area contributed by atoms with Crippen molar-refractivity contribution in [3.8, 4) is 0 Å². The van der Waals surface area contributed by atoms with Gasteiger partial charge in [-0.05, 0) is 99.2 Å². The van der Waals surface area contributed by atoms with E-state index in [0.29, 0.717) is 17.4 Å². The van der Waals surface area contributed by atoms with E-state index in [-0.39, 0.29) is 11.6 Å². The number of para-hydroxylation sites is 1. The number of hydrogen-bond acceptors (Lipinski definition) is 5. The van der Waals surface area contributed by atoms with Crippen LogP contribution in [0.4, 0.5) is 5.69 Å². The van der Waals surface area contributed by atoms with Gasteiger partial charge in [-0.1, -0.05) is 51.1 Å². The summed E-state index contributed by atoms with van der Waals surface area (Å²) in [7, 11) is -5.40. The first kappa shape index (κ1) is 29.8. The van der Waals surface area contributed by atoms with E-state index in [1.165, 1.54) is 24.1 Å². The van der Waals surface area contributed by atoms with E-state index in [9.17, 15) is 8.42 Å².